The van der Waals surface area contributed by atoms with Crippen molar-refractivity contribution in [1.29, 1.82) is 0 Å². The predicted octanol–water partition coefficient (Wildman–Crippen LogP) is 5.14. The molecule has 15 heteroatoms. The molecule has 0 aliphatic carbocycles. The lowest BCUT2D eigenvalue weighted by atomic mass is 10.0. The van der Waals surface area contributed by atoms with Gasteiger partial charge in [-0.1, -0.05) is 25.4 Å². The second kappa shape index (κ2) is 10.8. The number of carbonyl (C=O) groups is 1. The molecule has 0 unspecified atom stereocenters. The molecule has 0 saturated carbocycles. The number of nitrogens with zero attached hydrogens (tertiary/aromatic N) is 3. The number of halogens is 4. The zero-order chi connectivity index (χ0) is 27.7. The topological polar surface area (TPSA) is 129 Å². The quantitative estimate of drug-likeness (QED) is 0.228. The molecule has 2 aromatic carbocycles. The Morgan fingerprint density at radius 1 is 1.27 bits per heavy atom. The van der Waals surface area contributed by atoms with Crippen LogP contribution in [0.5, 0.6) is 5.75 Å². The van der Waals surface area contributed by atoms with Crippen LogP contribution in [-0.2, 0) is 22.1 Å². The van der Waals surface area contributed by atoms with Crippen molar-refractivity contribution < 1.29 is 32.4 Å². The lowest BCUT2D eigenvalue weighted by Gasteiger charge is -2.17. The van der Waals surface area contributed by atoms with Crippen LogP contribution < -0.4 is 10.4 Å². The lowest BCUT2D eigenvalue weighted by molar-refractivity contribution is -0.388. The van der Waals surface area contributed by atoms with Crippen molar-refractivity contribution in [3.63, 3.8) is 0 Å². The minimum Gasteiger partial charge on any atom is -0.495 e. The van der Waals surface area contributed by atoms with Gasteiger partial charge in [0.15, 0.2) is 0 Å². The van der Waals surface area contributed by atoms with Gasteiger partial charge in [0.25, 0.3) is 5.69 Å². The Hall–Kier alpha value is -3.52. The maximum atomic E-state index is 13.6. The highest BCUT2D eigenvalue weighted by molar-refractivity contribution is 7.99. The normalized spacial score (nSPS) is 11.6. The molecule has 0 amide bonds. The number of ether oxygens (including phenoxy) is 2. The third-order valence-electron chi connectivity index (χ3n) is 5.26. The van der Waals surface area contributed by atoms with Gasteiger partial charge in [-0.15, -0.1) is 5.10 Å². The van der Waals surface area contributed by atoms with E-state index in [-0.39, 0.29) is 21.0 Å². The monoisotopic (exact) mass is 560 g/mol. The number of rotatable bonds is 8. The molecule has 37 heavy (non-hydrogen) atoms. The van der Waals surface area contributed by atoms with Crippen molar-refractivity contribution in [2.24, 2.45) is 0 Å². The number of hydrogen-bond acceptors (Lipinski definition) is 8. The van der Waals surface area contributed by atoms with Crippen LogP contribution in [0.2, 0.25) is 5.02 Å². The molecule has 3 rings (SSSR count). The van der Waals surface area contributed by atoms with E-state index in [9.17, 15) is 32.9 Å². The minimum absolute atomic E-state index is 0.111. The Morgan fingerprint density at radius 2 is 1.95 bits per heavy atom. The summed E-state index contributed by atoms with van der Waals surface area (Å²) in [5.41, 5.74) is -2.56. The first-order valence-corrected chi connectivity index (χ1v) is 11.7. The summed E-state index contributed by atoms with van der Waals surface area (Å²) in [6.45, 7) is 3.70. The SMILES string of the molecule is COC(=O)Cc1cc(Sc2n[nH]c(=O)n2-c2cc(Cl)c(OC)cc2C(C)C)c([N+](=O)[O-])cc1C(F)(F)F. The Bertz CT molecular complexity index is 1420. The van der Waals surface area contributed by atoms with Crippen LogP contribution in [0.1, 0.15) is 36.5 Å². The van der Waals surface area contributed by atoms with Gasteiger partial charge in [-0.25, -0.2) is 14.5 Å². The number of nitrogens with one attached hydrogen (secondary N) is 1. The van der Waals surface area contributed by atoms with E-state index in [1.54, 1.807) is 6.07 Å². The zero-order valence-electron chi connectivity index (χ0n) is 19.8. The van der Waals surface area contributed by atoms with Crippen LogP contribution in [0, 0.1) is 10.1 Å². The third kappa shape index (κ3) is 5.91. The molecule has 10 nitrogen and oxygen atoms in total. The fourth-order valence-electron chi connectivity index (χ4n) is 3.51. The number of esters is 1. The molecule has 0 aliphatic rings. The van der Waals surface area contributed by atoms with Gasteiger partial charge in [-0.05, 0) is 47.0 Å². The van der Waals surface area contributed by atoms with Crippen molar-refractivity contribution in [2.45, 2.75) is 42.4 Å². The molecule has 0 atom stereocenters. The highest BCUT2D eigenvalue weighted by atomic mass is 35.5. The molecule has 1 N–H and O–H groups in total. The van der Waals surface area contributed by atoms with Gasteiger partial charge in [0.1, 0.15) is 5.75 Å². The van der Waals surface area contributed by atoms with E-state index in [0.29, 0.717) is 34.8 Å². The molecular weight excluding hydrogens is 541 g/mol. The number of nitro benzene ring substituents is 1. The highest BCUT2D eigenvalue weighted by Crippen LogP contribution is 2.42. The number of H-pyrrole nitrogens is 1. The standard InChI is InChI=1S/C22H20ClF3N4O6S/c1-10(2)12-7-17(35-3)14(23)9-15(12)29-20(32)27-28-21(29)37-18-5-11(6-19(31)36-4)13(22(24,25)26)8-16(18)30(33)34/h5,7-10H,6H2,1-4H3,(H,27,32). The van der Waals surface area contributed by atoms with Crippen LogP contribution >= 0.6 is 23.4 Å². The molecule has 0 bridgehead atoms. The molecule has 0 saturated heterocycles. The van der Waals surface area contributed by atoms with Crippen LogP contribution in [0.4, 0.5) is 18.9 Å². The van der Waals surface area contributed by atoms with Crippen molar-refractivity contribution >= 4 is 35.0 Å². The number of nitro groups is 1. The molecule has 3 aromatic rings. The molecule has 0 fully saturated rings. The second-order valence-electron chi connectivity index (χ2n) is 7.93. The average Bonchev–Trinajstić information content (AvgIpc) is 3.17. The van der Waals surface area contributed by atoms with Crippen LogP contribution in [0.25, 0.3) is 5.69 Å². The fraction of sp³-hybridized carbons (Fsp3) is 0.318. The van der Waals surface area contributed by atoms with E-state index in [4.69, 9.17) is 16.3 Å². The molecule has 0 spiro atoms. The largest absolute Gasteiger partial charge is 0.495 e. The number of hydrogen-bond donors (Lipinski definition) is 1. The Morgan fingerprint density at radius 3 is 2.49 bits per heavy atom. The van der Waals surface area contributed by atoms with Crippen LogP contribution in [0.3, 0.4) is 0 Å². The first-order chi connectivity index (χ1) is 17.3. The average molecular weight is 561 g/mol. The Labute approximate surface area is 216 Å². The zero-order valence-corrected chi connectivity index (χ0v) is 21.4. The predicted molar refractivity (Wildman–Crippen MR) is 128 cm³/mol. The maximum absolute atomic E-state index is 13.6. The summed E-state index contributed by atoms with van der Waals surface area (Å²) in [6, 6.07) is 4.31. The van der Waals surface area contributed by atoms with Gasteiger partial charge in [-0.2, -0.15) is 13.2 Å². The molecule has 198 valence electrons. The van der Waals surface area contributed by atoms with Crippen LogP contribution in [-0.4, -0.2) is 39.9 Å². The van der Waals surface area contributed by atoms with E-state index < -0.39 is 46.0 Å². The van der Waals surface area contributed by atoms with Crippen molar-refractivity contribution in [3.8, 4) is 11.4 Å². The summed E-state index contributed by atoms with van der Waals surface area (Å²) in [5, 5.41) is 17.9. The highest BCUT2D eigenvalue weighted by Gasteiger charge is 2.37. The molecule has 1 heterocycles. The van der Waals surface area contributed by atoms with Crippen molar-refractivity contribution in [3.05, 3.63) is 66.6 Å². The summed E-state index contributed by atoms with van der Waals surface area (Å²) in [7, 11) is 2.43. The number of aromatic amines is 1. The van der Waals surface area contributed by atoms with E-state index >= 15 is 0 Å². The van der Waals surface area contributed by atoms with Gasteiger partial charge in [0, 0.05) is 6.07 Å². The number of carbonyl (C=O) groups excluding carboxylic acids is 1. The van der Waals surface area contributed by atoms with Gasteiger partial charge < -0.3 is 9.47 Å². The smallest absolute Gasteiger partial charge is 0.416 e. The van der Waals surface area contributed by atoms with Gasteiger partial charge in [0.05, 0.1) is 46.7 Å². The van der Waals surface area contributed by atoms with E-state index in [0.717, 1.165) is 17.7 Å². The number of alkyl halides is 3. The third-order valence-corrected chi connectivity index (χ3v) is 6.55. The second-order valence-corrected chi connectivity index (χ2v) is 9.35. The molecular formula is C22H20ClF3N4O6S. The summed E-state index contributed by atoms with van der Waals surface area (Å²) in [4.78, 5) is 34.9. The Balaban J connectivity index is 2.24. The van der Waals surface area contributed by atoms with Crippen molar-refractivity contribution in [2.75, 3.05) is 14.2 Å². The summed E-state index contributed by atoms with van der Waals surface area (Å²) in [5.74, 6) is -0.750. The van der Waals surface area contributed by atoms with Crippen LogP contribution in [0.15, 0.2) is 39.1 Å². The molecule has 0 radical (unpaired) electrons. The van der Waals surface area contributed by atoms with Gasteiger partial charge in [-0.3, -0.25) is 14.9 Å². The summed E-state index contributed by atoms with van der Waals surface area (Å²) >= 11 is 6.85. The number of methoxy groups -OCH3 is 2. The van der Waals surface area contributed by atoms with E-state index in [1.165, 1.54) is 13.2 Å². The van der Waals surface area contributed by atoms with Gasteiger partial charge in [0.2, 0.25) is 5.16 Å². The minimum atomic E-state index is -4.97. The molecule has 0 aliphatic heterocycles. The summed E-state index contributed by atoms with van der Waals surface area (Å²) in [6.07, 6.45) is -5.76. The number of aromatic nitrogens is 3. The maximum Gasteiger partial charge on any atom is 0.416 e. The van der Waals surface area contributed by atoms with E-state index in [1.807, 2.05) is 13.8 Å². The van der Waals surface area contributed by atoms with Crippen molar-refractivity contribution in [1.82, 2.24) is 14.8 Å². The van der Waals surface area contributed by atoms with Gasteiger partial charge >= 0.3 is 17.8 Å². The van der Waals surface area contributed by atoms with E-state index in [2.05, 4.69) is 14.9 Å². The lowest BCUT2D eigenvalue weighted by Crippen LogP contribution is -2.18. The molecule has 1 aromatic heterocycles. The first kappa shape index (κ1) is 28.1. The number of benzene rings is 2. The Kier molecular flexibility index (Phi) is 8.22. The fourth-order valence-corrected chi connectivity index (χ4v) is 4.74. The first-order valence-electron chi connectivity index (χ1n) is 10.5. The summed E-state index contributed by atoms with van der Waals surface area (Å²) < 4.78 is 51.8.